The molecule has 0 fully saturated rings. The van der Waals surface area contributed by atoms with E-state index in [0.29, 0.717) is 12.0 Å². The summed E-state index contributed by atoms with van der Waals surface area (Å²) in [4.78, 5) is 0. The van der Waals surface area contributed by atoms with E-state index in [1.807, 2.05) is 7.05 Å². The SMILES string of the molecule is CC(C)(C)CCO.CCNC. The third kappa shape index (κ3) is 25.7. The Morgan fingerprint density at radius 2 is 1.64 bits per heavy atom. The van der Waals surface area contributed by atoms with Gasteiger partial charge in [0.25, 0.3) is 0 Å². The summed E-state index contributed by atoms with van der Waals surface area (Å²) < 4.78 is 0. The van der Waals surface area contributed by atoms with Crippen LogP contribution in [0.15, 0.2) is 0 Å². The second-order valence-corrected chi connectivity index (χ2v) is 3.74. The first-order valence-electron chi connectivity index (χ1n) is 4.23. The predicted octanol–water partition coefficient (Wildman–Crippen LogP) is 1.64. The zero-order chi connectivity index (χ0) is 9.33. The molecule has 0 rings (SSSR count). The molecule has 0 aliphatic carbocycles. The van der Waals surface area contributed by atoms with Gasteiger partial charge >= 0.3 is 0 Å². The van der Waals surface area contributed by atoms with Crippen molar-refractivity contribution >= 4 is 0 Å². The third-order valence-electron chi connectivity index (χ3n) is 1.22. The van der Waals surface area contributed by atoms with E-state index in [1.54, 1.807) is 0 Å². The van der Waals surface area contributed by atoms with Gasteiger partial charge in [0, 0.05) is 6.61 Å². The van der Waals surface area contributed by atoms with Crippen LogP contribution in [-0.2, 0) is 0 Å². The summed E-state index contributed by atoms with van der Waals surface area (Å²) in [5, 5.41) is 11.3. The molecule has 2 nitrogen and oxygen atoms in total. The minimum atomic E-state index is 0.300. The Morgan fingerprint density at radius 3 is 1.64 bits per heavy atom. The molecule has 0 radical (unpaired) electrons. The highest BCUT2D eigenvalue weighted by atomic mass is 16.3. The number of hydrogen-bond acceptors (Lipinski definition) is 2. The Bertz CT molecular complexity index is 64.5. The Kier molecular flexibility index (Phi) is 9.85. The van der Waals surface area contributed by atoms with E-state index in [2.05, 4.69) is 33.0 Å². The molecule has 0 aromatic carbocycles. The summed E-state index contributed by atoms with van der Waals surface area (Å²) in [5.41, 5.74) is 0.300. The Balaban J connectivity index is 0. The Morgan fingerprint density at radius 1 is 1.27 bits per heavy atom. The molecule has 0 amide bonds. The fourth-order valence-corrected chi connectivity index (χ4v) is 0.335. The summed E-state index contributed by atoms with van der Waals surface area (Å²) in [6, 6.07) is 0. The van der Waals surface area contributed by atoms with E-state index < -0.39 is 0 Å². The summed E-state index contributed by atoms with van der Waals surface area (Å²) in [6.45, 7) is 9.79. The molecule has 0 aliphatic heterocycles. The summed E-state index contributed by atoms with van der Waals surface area (Å²) in [5.74, 6) is 0. The fourth-order valence-electron chi connectivity index (χ4n) is 0.335. The van der Waals surface area contributed by atoms with E-state index in [0.717, 1.165) is 13.0 Å². The van der Waals surface area contributed by atoms with Crippen molar-refractivity contribution in [3.8, 4) is 0 Å². The van der Waals surface area contributed by atoms with Gasteiger partial charge in [-0.2, -0.15) is 0 Å². The lowest BCUT2D eigenvalue weighted by molar-refractivity contribution is 0.225. The van der Waals surface area contributed by atoms with Gasteiger partial charge < -0.3 is 10.4 Å². The largest absolute Gasteiger partial charge is 0.396 e. The van der Waals surface area contributed by atoms with Crippen LogP contribution in [-0.4, -0.2) is 25.3 Å². The molecule has 0 aliphatic rings. The predicted molar refractivity (Wildman–Crippen MR) is 50.8 cm³/mol. The second-order valence-electron chi connectivity index (χ2n) is 3.74. The molecule has 0 spiro atoms. The van der Waals surface area contributed by atoms with Gasteiger partial charge in [-0.05, 0) is 25.4 Å². The van der Waals surface area contributed by atoms with Crippen molar-refractivity contribution in [1.82, 2.24) is 5.32 Å². The van der Waals surface area contributed by atoms with Gasteiger partial charge in [0.1, 0.15) is 0 Å². The molecule has 0 bridgehead atoms. The molecule has 0 unspecified atom stereocenters. The molecule has 70 valence electrons. The van der Waals surface area contributed by atoms with Crippen molar-refractivity contribution in [2.45, 2.75) is 34.1 Å². The van der Waals surface area contributed by atoms with Crippen molar-refractivity contribution < 1.29 is 5.11 Å². The van der Waals surface area contributed by atoms with Crippen LogP contribution < -0.4 is 5.32 Å². The molecule has 0 atom stereocenters. The topological polar surface area (TPSA) is 32.3 Å². The summed E-state index contributed by atoms with van der Waals surface area (Å²) in [6.07, 6.45) is 0.896. The van der Waals surface area contributed by atoms with Gasteiger partial charge in [-0.15, -0.1) is 0 Å². The number of aliphatic hydroxyl groups is 1. The van der Waals surface area contributed by atoms with Crippen LogP contribution in [0.3, 0.4) is 0 Å². The maximum atomic E-state index is 8.40. The van der Waals surface area contributed by atoms with E-state index in [4.69, 9.17) is 5.11 Å². The summed E-state index contributed by atoms with van der Waals surface area (Å²) in [7, 11) is 1.93. The first kappa shape index (κ1) is 13.5. The summed E-state index contributed by atoms with van der Waals surface area (Å²) >= 11 is 0. The molecule has 0 heterocycles. The number of hydrogen-bond donors (Lipinski definition) is 2. The van der Waals surface area contributed by atoms with Crippen LogP contribution >= 0.6 is 0 Å². The second kappa shape index (κ2) is 8.02. The Labute approximate surface area is 71.0 Å². The van der Waals surface area contributed by atoms with Gasteiger partial charge in [-0.25, -0.2) is 0 Å². The van der Waals surface area contributed by atoms with Crippen LogP contribution in [0.4, 0.5) is 0 Å². The molecule has 0 saturated heterocycles. The first-order chi connectivity index (χ1) is 4.97. The van der Waals surface area contributed by atoms with Crippen LogP contribution in [0.2, 0.25) is 0 Å². The van der Waals surface area contributed by atoms with Gasteiger partial charge in [-0.3, -0.25) is 0 Å². The quantitative estimate of drug-likeness (QED) is 0.645. The normalized spacial score (nSPS) is 10.4. The molecular formula is C9H23NO. The van der Waals surface area contributed by atoms with Crippen LogP contribution in [0.25, 0.3) is 0 Å². The maximum absolute atomic E-state index is 8.40. The van der Waals surface area contributed by atoms with E-state index >= 15 is 0 Å². The van der Waals surface area contributed by atoms with Gasteiger partial charge in [0.2, 0.25) is 0 Å². The zero-order valence-corrected chi connectivity index (χ0v) is 8.57. The maximum Gasteiger partial charge on any atom is 0.0436 e. The lowest BCUT2D eigenvalue weighted by Crippen LogP contribution is -2.06. The van der Waals surface area contributed by atoms with Crippen LogP contribution in [0, 0.1) is 5.41 Å². The molecular weight excluding hydrogens is 138 g/mol. The van der Waals surface area contributed by atoms with Crippen molar-refractivity contribution in [1.29, 1.82) is 0 Å². The molecule has 2 N–H and O–H groups in total. The van der Waals surface area contributed by atoms with E-state index in [1.165, 1.54) is 0 Å². The average Bonchev–Trinajstić information content (AvgIpc) is 1.86. The highest BCUT2D eigenvalue weighted by Gasteiger charge is 2.06. The van der Waals surface area contributed by atoms with Crippen molar-refractivity contribution in [2.24, 2.45) is 5.41 Å². The molecule has 0 saturated carbocycles. The highest BCUT2D eigenvalue weighted by Crippen LogP contribution is 2.16. The molecule has 2 heteroatoms. The first-order valence-corrected chi connectivity index (χ1v) is 4.23. The van der Waals surface area contributed by atoms with Crippen LogP contribution in [0.5, 0.6) is 0 Å². The van der Waals surface area contributed by atoms with Crippen LogP contribution in [0.1, 0.15) is 34.1 Å². The van der Waals surface area contributed by atoms with E-state index in [-0.39, 0.29) is 0 Å². The lowest BCUT2D eigenvalue weighted by Gasteiger charge is -2.14. The Hall–Kier alpha value is -0.0800. The smallest absolute Gasteiger partial charge is 0.0436 e. The van der Waals surface area contributed by atoms with Crippen molar-refractivity contribution in [3.63, 3.8) is 0 Å². The zero-order valence-electron chi connectivity index (χ0n) is 8.57. The minimum absolute atomic E-state index is 0.300. The number of nitrogens with one attached hydrogen (secondary N) is 1. The monoisotopic (exact) mass is 161 g/mol. The minimum Gasteiger partial charge on any atom is -0.396 e. The van der Waals surface area contributed by atoms with Gasteiger partial charge in [-0.1, -0.05) is 27.7 Å². The average molecular weight is 161 g/mol. The number of rotatable bonds is 2. The van der Waals surface area contributed by atoms with Crippen molar-refractivity contribution in [2.75, 3.05) is 20.2 Å². The van der Waals surface area contributed by atoms with E-state index in [9.17, 15) is 0 Å². The number of aliphatic hydroxyl groups excluding tert-OH is 1. The third-order valence-corrected chi connectivity index (χ3v) is 1.22. The molecule has 0 aromatic rings. The van der Waals surface area contributed by atoms with Crippen molar-refractivity contribution in [3.05, 3.63) is 0 Å². The molecule has 0 aromatic heterocycles. The van der Waals surface area contributed by atoms with Gasteiger partial charge in [0.05, 0.1) is 0 Å². The highest BCUT2D eigenvalue weighted by molar-refractivity contribution is 4.58. The molecule has 11 heavy (non-hydrogen) atoms. The standard InChI is InChI=1S/C6H14O.C3H9N/c1-6(2,3)4-5-7;1-3-4-2/h7H,4-5H2,1-3H3;4H,3H2,1-2H3. The fraction of sp³-hybridized carbons (Fsp3) is 1.00. The lowest BCUT2D eigenvalue weighted by atomic mass is 9.93. The van der Waals surface area contributed by atoms with Gasteiger partial charge in [0.15, 0.2) is 0 Å².